The summed E-state index contributed by atoms with van der Waals surface area (Å²) >= 11 is 12.1. The fourth-order valence-electron chi connectivity index (χ4n) is 3.06. The van der Waals surface area contributed by atoms with E-state index < -0.39 is 0 Å². The molecule has 0 bridgehead atoms. The zero-order valence-electron chi connectivity index (χ0n) is 14.1. The van der Waals surface area contributed by atoms with Crippen LogP contribution in [0.4, 0.5) is 0 Å². The van der Waals surface area contributed by atoms with Crippen molar-refractivity contribution in [1.29, 1.82) is 0 Å². The molecule has 0 saturated carbocycles. The Balaban J connectivity index is 1.68. The fraction of sp³-hybridized carbons (Fsp3) is 0.500. The molecule has 1 aromatic carbocycles. The third-order valence-corrected chi connectivity index (χ3v) is 5.10. The molecule has 0 spiro atoms. The lowest BCUT2D eigenvalue weighted by Crippen LogP contribution is -2.37. The van der Waals surface area contributed by atoms with E-state index in [2.05, 4.69) is 30.0 Å². The van der Waals surface area contributed by atoms with Crippen LogP contribution in [0.25, 0.3) is 0 Å². The number of hydrogen-bond donors (Lipinski definition) is 0. The maximum Gasteiger partial charge on any atom is 0.0953 e. The van der Waals surface area contributed by atoms with Crippen LogP contribution in [0.1, 0.15) is 36.3 Å². The van der Waals surface area contributed by atoms with E-state index in [1.807, 2.05) is 22.9 Å². The third-order valence-electron chi connectivity index (χ3n) is 4.36. The smallest absolute Gasteiger partial charge is 0.0953 e. The molecular weight excluding hydrogens is 345 g/mol. The molecule has 0 radical (unpaired) electrons. The number of benzene rings is 1. The summed E-state index contributed by atoms with van der Waals surface area (Å²) in [6, 6.07) is 5.73. The number of rotatable bonds is 5. The zero-order valence-corrected chi connectivity index (χ0v) is 15.6. The molecule has 0 unspecified atom stereocenters. The minimum Gasteiger partial charge on any atom is -0.371 e. The molecular formula is C18H23Cl2N3O. The first kappa shape index (κ1) is 17.7. The first-order chi connectivity index (χ1) is 11.6. The highest BCUT2D eigenvalue weighted by Gasteiger charge is 2.23. The highest BCUT2D eigenvalue weighted by Crippen LogP contribution is 2.29. The monoisotopic (exact) mass is 367 g/mol. The second-order valence-electron chi connectivity index (χ2n) is 6.27. The molecule has 0 N–H and O–H groups in total. The van der Waals surface area contributed by atoms with Gasteiger partial charge >= 0.3 is 0 Å². The second kappa shape index (κ2) is 7.87. The molecule has 1 aromatic heterocycles. The van der Waals surface area contributed by atoms with Crippen molar-refractivity contribution >= 4 is 23.2 Å². The first-order valence-electron chi connectivity index (χ1n) is 8.38. The van der Waals surface area contributed by atoms with Gasteiger partial charge in [0.2, 0.25) is 0 Å². The molecule has 0 amide bonds. The molecule has 2 aromatic rings. The van der Waals surface area contributed by atoms with E-state index in [0.717, 1.165) is 43.9 Å². The summed E-state index contributed by atoms with van der Waals surface area (Å²) < 4.78 is 7.98. The van der Waals surface area contributed by atoms with Gasteiger partial charge in [-0.3, -0.25) is 9.58 Å². The van der Waals surface area contributed by atoms with Gasteiger partial charge in [-0.05, 0) is 31.0 Å². The van der Waals surface area contributed by atoms with Crippen LogP contribution >= 0.6 is 23.2 Å². The summed E-state index contributed by atoms with van der Waals surface area (Å²) in [6.07, 6.45) is 3.29. The largest absolute Gasteiger partial charge is 0.371 e. The number of halogens is 2. The summed E-state index contributed by atoms with van der Waals surface area (Å²) in [4.78, 5) is 2.41. The summed E-state index contributed by atoms with van der Waals surface area (Å²) in [5.41, 5.74) is 3.48. The number of aromatic nitrogens is 2. The first-order valence-corrected chi connectivity index (χ1v) is 9.14. The SMILES string of the molecule is CCCn1cc(CN2CCO[C@H](c3ccc(Cl)c(Cl)c3)C2)c(C)n1. The molecule has 2 heterocycles. The van der Waals surface area contributed by atoms with Crippen LogP contribution in [-0.2, 0) is 17.8 Å². The topological polar surface area (TPSA) is 30.3 Å². The summed E-state index contributed by atoms with van der Waals surface area (Å²) in [5, 5.41) is 5.74. The van der Waals surface area contributed by atoms with Crippen LogP contribution in [0.5, 0.6) is 0 Å². The van der Waals surface area contributed by atoms with E-state index in [0.29, 0.717) is 16.7 Å². The van der Waals surface area contributed by atoms with Gasteiger partial charge in [0, 0.05) is 37.9 Å². The van der Waals surface area contributed by atoms with Crippen molar-refractivity contribution in [2.75, 3.05) is 19.7 Å². The van der Waals surface area contributed by atoms with Crippen LogP contribution in [0.3, 0.4) is 0 Å². The van der Waals surface area contributed by atoms with Crippen LogP contribution in [0.15, 0.2) is 24.4 Å². The Kier molecular flexibility index (Phi) is 5.82. The maximum atomic E-state index is 6.14. The van der Waals surface area contributed by atoms with Gasteiger partial charge < -0.3 is 4.74 Å². The fourth-order valence-corrected chi connectivity index (χ4v) is 3.37. The Bertz CT molecular complexity index is 702. The molecule has 4 nitrogen and oxygen atoms in total. The van der Waals surface area contributed by atoms with Gasteiger partial charge in [0.15, 0.2) is 0 Å². The molecule has 1 atom stereocenters. The Hall–Kier alpha value is -1.07. The van der Waals surface area contributed by atoms with Crippen LogP contribution in [-0.4, -0.2) is 34.4 Å². The van der Waals surface area contributed by atoms with Gasteiger partial charge in [-0.2, -0.15) is 5.10 Å². The minimum absolute atomic E-state index is 0.0273. The molecule has 6 heteroatoms. The van der Waals surface area contributed by atoms with Gasteiger partial charge in [-0.15, -0.1) is 0 Å². The minimum atomic E-state index is 0.0273. The molecule has 1 saturated heterocycles. The molecule has 3 rings (SSSR count). The van der Waals surface area contributed by atoms with E-state index in [9.17, 15) is 0 Å². The van der Waals surface area contributed by atoms with Crippen LogP contribution < -0.4 is 0 Å². The van der Waals surface area contributed by atoms with E-state index in [4.69, 9.17) is 27.9 Å². The van der Waals surface area contributed by atoms with Crippen molar-refractivity contribution < 1.29 is 4.74 Å². The van der Waals surface area contributed by atoms with E-state index in [1.165, 1.54) is 5.56 Å². The van der Waals surface area contributed by atoms with Crippen molar-refractivity contribution in [3.63, 3.8) is 0 Å². The molecule has 1 fully saturated rings. The number of ether oxygens (including phenoxy) is 1. The highest BCUT2D eigenvalue weighted by molar-refractivity contribution is 6.42. The average molecular weight is 368 g/mol. The Morgan fingerprint density at radius 1 is 1.29 bits per heavy atom. The van der Waals surface area contributed by atoms with Crippen molar-refractivity contribution in [1.82, 2.24) is 14.7 Å². The van der Waals surface area contributed by atoms with Crippen LogP contribution in [0.2, 0.25) is 10.0 Å². The molecule has 1 aliphatic rings. The summed E-state index contributed by atoms with van der Waals surface area (Å²) in [6.45, 7) is 8.60. The van der Waals surface area contributed by atoms with Crippen molar-refractivity contribution in [2.24, 2.45) is 0 Å². The van der Waals surface area contributed by atoms with Crippen molar-refractivity contribution in [2.45, 2.75) is 39.5 Å². The van der Waals surface area contributed by atoms with E-state index in [1.54, 1.807) is 0 Å². The molecule has 0 aliphatic carbocycles. The van der Waals surface area contributed by atoms with E-state index >= 15 is 0 Å². The van der Waals surface area contributed by atoms with Gasteiger partial charge in [-0.1, -0.05) is 36.2 Å². The molecule has 1 aliphatic heterocycles. The second-order valence-corrected chi connectivity index (χ2v) is 7.09. The standard InChI is InChI=1S/C18H23Cl2N3O/c1-3-6-23-11-15(13(2)21-23)10-22-7-8-24-18(12-22)14-4-5-16(19)17(20)9-14/h4-5,9,11,18H,3,6-8,10,12H2,1-2H3/t18-/m0/s1. The zero-order chi connectivity index (χ0) is 17.1. The number of nitrogens with zero attached hydrogens (tertiary/aromatic N) is 3. The van der Waals surface area contributed by atoms with Gasteiger partial charge in [0.25, 0.3) is 0 Å². The third kappa shape index (κ3) is 4.12. The Morgan fingerprint density at radius 2 is 2.12 bits per heavy atom. The average Bonchev–Trinajstić information content (AvgIpc) is 2.90. The van der Waals surface area contributed by atoms with Gasteiger partial charge in [0.05, 0.1) is 28.5 Å². The van der Waals surface area contributed by atoms with Gasteiger partial charge in [0.1, 0.15) is 0 Å². The summed E-state index contributed by atoms with van der Waals surface area (Å²) in [5.74, 6) is 0. The quantitative estimate of drug-likeness (QED) is 0.780. The van der Waals surface area contributed by atoms with E-state index in [-0.39, 0.29) is 6.10 Å². The number of aryl methyl sites for hydroxylation is 2. The maximum absolute atomic E-state index is 6.14. The Morgan fingerprint density at radius 3 is 2.88 bits per heavy atom. The molecule has 130 valence electrons. The summed E-state index contributed by atoms with van der Waals surface area (Å²) in [7, 11) is 0. The Labute approximate surface area is 153 Å². The van der Waals surface area contributed by atoms with Crippen molar-refractivity contribution in [3.8, 4) is 0 Å². The predicted octanol–water partition coefficient (Wildman–Crippen LogP) is 4.48. The van der Waals surface area contributed by atoms with Crippen molar-refractivity contribution in [3.05, 3.63) is 51.3 Å². The lowest BCUT2D eigenvalue weighted by atomic mass is 10.1. The highest BCUT2D eigenvalue weighted by atomic mass is 35.5. The lowest BCUT2D eigenvalue weighted by molar-refractivity contribution is -0.0329. The lowest BCUT2D eigenvalue weighted by Gasteiger charge is -2.33. The van der Waals surface area contributed by atoms with Crippen LogP contribution in [0, 0.1) is 6.92 Å². The number of morpholine rings is 1. The normalized spacial score (nSPS) is 18.9. The predicted molar refractivity (Wildman–Crippen MR) is 97.7 cm³/mol. The molecule has 24 heavy (non-hydrogen) atoms. The number of hydrogen-bond acceptors (Lipinski definition) is 3. The van der Waals surface area contributed by atoms with Gasteiger partial charge in [-0.25, -0.2) is 0 Å².